The molecule has 0 atom stereocenters. The number of rotatable bonds is 9. The average Bonchev–Trinajstić information content (AvgIpc) is 3.60. The third-order valence-corrected chi connectivity index (χ3v) is 8.53. The molecule has 6 rings (SSSR count). The van der Waals surface area contributed by atoms with Crippen LogP contribution in [0.3, 0.4) is 0 Å². The fourth-order valence-electron chi connectivity index (χ4n) is 6.32. The summed E-state index contributed by atoms with van der Waals surface area (Å²) in [4.78, 5) is 32.2. The van der Waals surface area contributed by atoms with Crippen LogP contribution in [0.25, 0.3) is 28.2 Å². The van der Waals surface area contributed by atoms with Gasteiger partial charge in [0.05, 0.1) is 38.1 Å². The first-order chi connectivity index (χ1) is 22.2. The number of allylic oxidation sites excluding steroid dienone is 1. The number of carbonyl (C=O) groups excluding carboxylic acids is 2. The smallest absolute Gasteiger partial charge is 0.339 e. The van der Waals surface area contributed by atoms with Crippen molar-refractivity contribution < 1.29 is 28.5 Å². The van der Waals surface area contributed by atoms with Gasteiger partial charge < -0.3 is 23.5 Å². The van der Waals surface area contributed by atoms with E-state index >= 15 is 0 Å². The molecule has 0 unspecified atom stereocenters. The van der Waals surface area contributed by atoms with Gasteiger partial charge in [-0.25, -0.2) is 9.78 Å². The van der Waals surface area contributed by atoms with Gasteiger partial charge in [0.15, 0.2) is 18.1 Å². The fourth-order valence-corrected chi connectivity index (χ4v) is 6.32. The molecule has 8 heteroatoms. The summed E-state index contributed by atoms with van der Waals surface area (Å²) < 4.78 is 24.4. The normalized spacial score (nSPS) is 13.1. The van der Waals surface area contributed by atoms with Gasteiger partial charge in [0.2, 0.25) is 11.5 Å². The summed E-state index contributed by atoms with van der Waals surface area (Å²) in [7, 11) is 4.73. The van der Waals surface area contributed by atoms with Crippen LogP contribution in [0.15, 0.2) is 66.7 Å². The number of aryl methyl sites for hydroxylation is 2. The Balaban J connectivity index is 1.31. The molecule has 1 aliphatic rings. The number of benzene rings is 3. The van der Waals surface area contributed by atoms with Crippen molar-refractivity contribution in [1.82, 2.24) is 9.55 Å². The van der Waals surface area contributed by atoms with Gasteiger partial charge in [-0.05, 0) is 92.8 Å². The molecule has 3 aromatic carbocycles. The van der Waals surface area contributed by atoms with E-state index in [9.17, 15) is 9.59 Å². The van der Waals surface area contributed by atoms with E-state index in [1.54, 1.807) is 21.3 Å². The van der Waals surface area contributed by atoms with Crippen LogP contribution >= 0.6 is 0 Å². The minimum absolute atomic E-state index is 0.252. The molecule has 0 saturated carbocycles. The van der Waals surface area contributed by atoms with E-state index in [1.165, 1.54) is 0 Å². The van der Waals surface area contributed by atoms with Crippen LogP contribution < -0.4 is 14.2 Å². The first kappa shape index (κ1) is 30.6. The van der Waals surface area contributed by atoms with E-state index in [0.717, 1.165) is 45.0 Å². The molecule has 0 amide bonds. The largest absolute Gasteiger partial charge is 0.493 e. The molecule has 0 aliphatic heterocycles. The van der Waals surface area contributed by atoms with E-state index in [1.807, 2.05) is 98.1 Å². The molecule has 2 aromatic heterocycles. The lowest BCUT2D eigenvalue weighted by Gasteiger charge is -2.14. The van der Waals surface area contributed by atoms with Crippen molar-refractivity contribution in [3.8, 4) is 22.9 Å². The molecule has 1 aliphatic carbocycles. The molecule has 8 nitrogen and oxygen atoms in total. The lowest BCUT2D eigenvalue weighted by atomic mass is 10.0. The summed E-state index contributed by atoms with van der Waals surface area (Å²) in [5.41, 5.74) is 8.92. The van der Waals surface area contributed by atoms with E-state index in [-0.39, 0.29) is 12.4 Å². The maximum Gasteiger partial charge on any atom is 0.339 e. The van der Waals surface area contributed by atoms with E-state index in [0.29, 0.717) is 52.1 Å². The lowest BCUT2D eigenvalue weighted by molar-refractivity contribution is 0.0475. The highest BCUT2D eigenvalue weighted by Gasteiger charge is 2.29. The SMILES string of the molecule is COc1cc(/C=C2\CCc3c2nc2ccccc2c3C(=O)OCC(=O)c2cc(C)n(-c3ccc(C)cc3)c2C)cc(OC)c1OC. The number of aromatic nitrogens is 2. The predicted octanol–water partition coefficient (Wildman–Crippen LogP) is 7.50. The van der Waals surface area contributed by atoms with Crippen molar-refractivity contribution in [3.63, 3.8) is 0 Å². The van der Waals surface area contributed by atoms with Crippen LogP contribution in [-0.2, 0) is 11.2 Å². The first-order valence-corrected chi connectivity index (χ1v) is 15.1. The molecule has 0 radical (unpaired) electrons. The summed E-state index contributed by atoms with van der Waals surface area (Å²) in [5, 5.41) is 0.699. The maximum atomic E-state index is 13.8. The van der Waals surface area contributed by atoms with E-state index in [4.69, 9.17) is 23.9 Å². The Morgan fingerprint density at radius 1 is 0.870 bits per heavy atom. The molecule has 2 heterocycles. The summed E-state index contributed by atoms with van der Waals surface area (Å²) in [6.07, 6.45) is 3.32. The Hall–Kier alpha value is -5.37. The Morgan fingerprint density at radius 2 is 1.57 bits per heavy atom. The van der Waals surface area contributed by atoms with Gasteiger partial charge in [-0.2, -0.15) is 0 Å². The number of hydrogen-bond donors (Lipinski definition) is 0. The molecular formula is C38H36N2O6. The van der Waals surface area contributed by atoms with Crippen molar-refractivity contribution in [3.05, 3.63) is 112 Å². The zero-order chi connectivity index (χ0) is 32.5. The summed E-state index contributed by atoms with van der Waals surface area (Å²) in [6.45, 7) is 5.55. The van der Waals surface area contributed by atoms with Crippen molar-refractivity contribution in [2.75, 3.05) is 27.9 Å². The lowest BCUT2D eigenvalue weighted by Crippen LogP contribution is -2.17. The van der Waals surface area contributed by atoms with Gasteiger partial charge in [-0.1, -0.05) is 35.9 Å². The number of ketones is 1. The predicted molar refractivity (Wildman–Crippen MR) is 179 cm³/mol. The number of para-hydroxylation sites is 1. The Labute approximate surface area is 268 Å². The van der Waals surface area contributed by atoms with E-state index < -0.39 is 5.97 Å². The minimum Gasteiger partial charge on any atom is -0.493 e. The molecule has 0 N–H and O–H groups in total. The number of nitrogens with zero attached hydrogens (tertiary/aromatic N) is 2. The van der Waals surface area contributed by atoms with E-state index in [2.05, 4.69) is 0 Å². The van der Waals surface area contributed by atoms with Crippen molar-refractivity contribution in [2.45, 2.75) is 33.6 Å². The average molecular weight is 617 g/mol. The Kier molecular flexibility index (Phi) is 8.37. The number of esters is 1. The topological polar surface area (TPSA) is 88.9 Å². The number of carbonyl (C=O) groups is 2. The second kappa shape index (κ2) is 12.6. The molecule has 0 spiro atoms. The van der Waals surface area contributed by atoms with Gasteiger partial charge >= 0.3 is 5.97 Å². The summed E-state index contributed by atoms with van der Waals surface area (Å²) in [5.74, 6) is 0.820. The van der Waals surface area contributed by atoms with Crippen LogP contribution in [-0.4, -0.2) is 49.2 Å². The summed E-state index contributed by atoms with van der Waals surface area (Å²) >= 11 is 0. The van der Waals surface area contributed by atoms with Gasteiger partial charge in [0.1, 0.15) is 0 Å². The van der Waals surface area contributed by atoms with Gasteiger partial charge in [0.25, 0.3) is 0 Å². The second-order valence-corrected chi connectivity index (χ2v) is 11.4. The highest BCUT2D eigenvalue weighted by molar-refractivity contribution is 6.08. The van der Waals surface area contributed by atoms with Gasteiger partial charge in [-0.3, -0.25) is 4.79 Å². The third-order valence-electron chi connectivity index (χ3n) is 8.53. The number of ether oxygens (including phenoxy) is 4. The minimum atomic E-state index is -0.537. The quantitative estimate of drug-likeness (QED) is 0.125. The van der Waals surface area contributed by atoms with Crippen LogP contribution in [0, 0.1) is 20.8 Å². The molecule has 0 fully saturated rings. The standard InChI is InChI=1S/C38H36N2O6/c1-22-11-14-27(15-12-22)40-23(2)17-30(24(40)3)32(41)21-46-38(42)35-28-9-7-8-10-31(28)39-36-26(13-16-29(35)36)18-25-19-33(43-4)37(45-6)34(20-25)44-5/h7-12,14-15,17-20H,13,16,21H2,1-6H3/b26-18+. The van der Waals surface area contributed by atoms with Crippen LogP contribution in [0.4, 0.5) is 0 Å². The molecule has 5 aromatic rings. The highest BCUT2D eigenvalue weighted by atomic mass is 16.5. The molecule has 0 bridgehead atoms. The second-order valence-electron chi connectivity index (χ2n) is 11.4. The van der Waals surface area contributed by atoms with Crippen LogP contribution in [0.5, 0.6) is 17.2 Å². The molecule has 0 saturated heterocycles. The third kappa shape index (κ3) is 5.51. The fraction of sp³-hybridized carbons (Fsp3) is 0.237. The Bertz CT molecular complexity index is 1990. The van der Waals surface area contributed by atoms with Crippen molar-refractivity contribution in [1.29, 1.82) is 0 Å². The zero-order valence-corrected chi connectivity index (χ0v) is 26.9. The maximum absolute atomic E-state index is 13.8. The number of methoxy groups -OCH3 is 3. The number of Topliss-reactive ketones (excluding diaryl/α,β-unsaturated/α-hetero) is 1. The monoisotopic (exact) mass is 616 g/mol. The summed E-state index contributed by atoms with van der Waals surface area (Å²) in [6, 6.07) is 21.3. The number of hydrogen-bond acceptors (Lipinski definition) is 7. The first-order valence-electron chi connectivity index (χ1n) is 15.1. The van der Waals surface area contributed by atoms with Crippen LogP contribution in [0.2, 0.25) is 0 Å². The molecule has 234 valence electrons. The van der Waals surface area contributed by atoms with Crippen LogP contribution in [0.1, 0.15) is 60.9 Å². The Morgan fingerprint density at radius 3 is 2.24 bits per heavy atom. The van der Waals surface area contributed by atoms with Gasteiger partial charge in [-0.15, -0.1) is 0 Å². The highest BCUT2D eigenvalue weighted by Crippen LogP contribution is 2.42. The number of pyridine rings is 1. The molecular weight excluding hydrogens is 580 g/mol. The van der Waals surface area contributed by atoms with Gasteiger partial charge in [0, 0.05) is 28.0 Å². The zero-order valence-electron chi connectivity index (χ0n) is 26.9. The molecule has 46 heavy (non-hydrogen) atoms. The van der Waals surface area contributed by atoms with Crippen molar-refractivity contribution >= 4 is 34.3 Å². The number of fused-ring (bicyclic) bond motifs is 2. The van der Waals surface area contributed by atoms with Crippen molar-refractivity contribution in [2.24, 2.45) is 0 Å².